The Balaban J connectivity index is 1.86. The van der Waals surface area contributed by atoms with Gasteiger partial charge in [0.25, 0.3) is 5.69 Å². The number of likely N-dealkylation sites (tertiary alicyclic amines) is 1. The Morgan fingerprint density at radius 2 is 2.10 bits per heavy atom. The Bertz CT molecular complexity index is 490. The van der Waals surface area contributed by atoms with Gasteiger partial charge in [-0.15, -0.1) is 0 Å². The van der Waals surface area contributed by atoms with E-state index in [1.54, 1.807) is 12.1 Å². The number of nitrogens with one attached hydrogen (secondary N) is 1. The third kappa shape index (κ3) is 4.66. The molecular formula is C15H22ClN3O2. The van der Waals surface area contributed by atoms with Crippen LogP contribution in [0, 0.1) is 10.1 Å². The Morgan fingerprint density at radius 1 is 1.38 bits per heavy atom. The highest BCUT2D eigenvalue weighted by atomic mass is 35.5. The molecule has 1 aromatic rings. The molecule has 1 fully saturated rings. The normalized spacial score (nSPS) is 17.6. The van der Waals surface area contributed by atoms with Crippen molar-refractivity contribution < 1.29 is 4.92 Å². The average Bonchev–Trinajstić information content (AvgIpc) is 2.49. The van der Waals surface area contributed by atoms with Crippen LogP contribution in [0.2, 0.25) is 5.02 Å². The predicted molar refractivity (Wildman–Crippen MR) is 84.7 cm³/mol. The summed E-state index contributed by atoms with van der Waals surface area (Å²) in [4.78, 5) is 13.1. The number of nitrogens with zero attached hydrogens (tertiary/aromatic N) is 2. The van der Waals surface area contributed by atoms with Gasteiger partial charge in [-0.05, 0) is 45.0 Å². The third-order valence-corrected chi connectivity index (χ3v) is 4.25. The first kappa shape index (κ1) is 16.2. The Labute approximate surface area is 130 Å². The quantitative estimate of drug-likeness (QED) is 0.647. The highest BCUT2D eigenvalue weighted by Gasteiger charge is 2.17. The molecule has 1 heterocycles. The molecule has 1 atom stereocenters. The number of benzene rings is 1. The van der Waals surface area contributed by atoms with Crippen molar-refractivity contribution in [2.45, 2.75) is 38.8 Å². The first-order chi connectivity index (χ1) is 10.1. The number of nitro groups is 1. The predicted octanol–water partition coefficient (Wildman–Crippen LogP) is 3.21. The van der Waals surface area contributed by atoms with Crippen molar-refractivity contribution >= 4 is 17.3 Å². The molecule has 6 heteroatoms. The summed E-state index contributed by atoms with van der Waals surface area (Å²) in [5.74, 6) is 0. The molecule has 1 aliphatic rings. The standard InChI is InChI=1S/C15H22ClN3O2/c1-12(18-7-3-2-4-8-18)10-17-11-13-5-6-14(16)9-15(13)19(20)21/h5-6,9,12,17H,2-4,7-8,10-11H2,1H3. The van der Waals surface area contributed by atoms with Gasteiger partial charge in [-0.2, -0.15) is 0 Å². The maximum absolute atomic E-state index is 11.0. The molecule has 1 aromatic carbocycles. The first-order valence-corrected chi connectivity index (χ1v) is 7.83. The zero-order chi connectivity index (χ0) is 15.2. The fourth-order valence-corrected chi connectivity index (χ4v) is 2.93. The second-order valence-corrected chi connectivity index (χ2v) is 6.04. The molecule has 21 heavy (non-hydrogen) atoms. The molecule has 0 spiro atoms. The van der Waals surface area contributed by atoms with Gasteiger partial charge in [0.2, 0.25) is 0 Å². The van der Waals surface area contributed by atoms with Crippen molar-refractivity contribution in [2.75, 3.05) is 19.6 Å². The molecular weight excluding hydrogens is 290 g/mol. The maximum Gasteiger partial charge on any atom is 0.275 e. The summed E-state index contributed by atoms with van der Waals surface area (Å²) >= 11 is 5.82. The van der Waals surface area contributed by atoms with Gasteiger partial charge in [0.05, 0.1) is 4.92 Å². The maximum atomic E-state index is 11.0. The van der Waals surface area contributed by atoms with Gasteiger partial charge in [0, 0.05) is 35.8 Å². The van der Waals surface area contributed by atoms with Crippen molar-refractivity contribution in [1.82, 2.24) is 10.2 Å². The van der Waals surface area contributed by atoms with E-state index in [-0.39, 0.29) is 10.6 Å². The second-order valence-electron chi connectivity index (χ2n) is 5.61. The van der Waals surface area contributed by atoms with Crippen LogP contribution in [0.4, 0.5) is 5.69 Å². The molecule has 0 saturated carbocycles. The molecule has 1 unspecified atom stereocenters. The van der Waals surface area contributed by atoms with E-state index in [0.717, 1.165) is 19.6 Å². The molecule has 1 aliphatic heterocycles. The van der Waals surface area contributed by atoms with Crippen LogP contribution >= 0.6 is 11.6 Å². The van der Waals surface area contributed by atoms with Gasteiger partial charge in [-0.1, -0.05) is 18.0 Å². The summed E-state index contributed by atoms with van der Waals surface area (Å²) in [6, 6.07) is 5.28. The van der Waals surface area contributed by atoms with Crippen LogP contribution in [-0.4, -0.2) is 35.5 Å². The summed E-state index contributed by atoms with van der Waals surface area (Å²) in [7, 11) is 0. The summed E-state index contributed by atoms with van der Waals surface area (Å²) in [5, 5.41) is 14.7. The lowest BCUT2D eigenvalue weighted by atomic mass is 10.1. The van der Waals surface area contributed by atoms with Crippen LogP contribution in [0.15, 0.2) is 18.2 Å². The molecule has 1 N–H and O–H groups in total. The zero-order valence-electron chi connectivity index (χ0n) is 12.3. The van der Waals surface area contributed by atoms with E-state index in [1.165, 1.54) is 25.3 Å². The van der Waals surface area contributed by atoms with Gasteiger partial charge in [0.1, 0.15) is 0 Å². The van der Waals surface area contributed by atoms with E-state index in [2.05, 4.69) is 17.1 Å². The van der Waals surface area contributed by atoms with Gasteiger partial charge in [-0.25, -0.2) is 0 Å². The van der Waals surface area contributed by atoms with E-state index < -0.39 is 0 Å². The number of halogens is 1. The highest BCUT2D eigenvalue weighted by molar-refractivity contribution is 6.30. The molecule has 5 nitrogen and oxygen atoms in total. The van der Waals surface area contributed by atoms with Crippen molar-refractivity contribution in [2.24, 2.45) is 0 Å². The number of nitro benzene ring substituents is 1. The van der Waals surface area contributed by atoms with Crippen LogP contribution in [0.3, 0.4) is 0 Å². The minimum atomic E-state index is -0.378. The van der Waals surface area contributed by atoms with Gasteiger partial charge < -0.3 is 5.32 Å². The molecule has 2 rings (SSSR count). The van der Waals surface area contributed by atoms with E-state index in [0.29, 0.717) is 23.2 Å². The lowest BCUT2D eigenvalue weighted by Crippen LogP contribution is -2.43. The lowest BCUT2D eigenvalue weighted by molar-refractivity contribution is -0.385. The van der Waals surface area contributed by atoms with Crippen LogP contribution < -0.4 is 5.32 Å². The van der Waals surface area contributed by atoms with Crippen LogP contribution in [-0.2, 0) is 6.54 Å². The van der Waals surface area contributed by atoms with E-state index in [9.17, 15) is 10.1 Å². The second kappa shape index (κ2) is 7.73. The zero-order valence-corrected chi connectivity index (χ0v) is 13.1. The lowest BCUT2D eigenvalue weighted by Gasteiger charge is -2.32. The largest absolute Gasteiger partial charge is 0.311 e. The topological polar surface area (TPSA) is 58.4 Å². The molecule has 0 amide bonds. The molecule has 0 aliphatic carbocycles. The third-order valence-electron chi connectivity index (χ3n) is 4.01. The molecule has 116 valence electrons. The number of rotatable bonds is 6. The summed E-state index contributed by atoms with van der Waals surface area (Å²) < 4.78 is 0. The fourth-order valence-electron chi connectivity index (χ4n) is 2.76. The van der Waals surface area contributed by atoms with E-state index in [1.807, 2.05) is 0 Å². The summed E-state index contributed by atoms with van der Waals surface area (Å²) in [6.07, 6.45) is 3.87. The summed E-state index contributed by atoms with van der Waals surface area (Å²) in [5.41, 5.74) is 0.760. The summed E-state index contributed by atoms with van der Waals surface area (Å²) in [6.45, 7) is 5.84. The molecule has 0 aromatic heterocycles. The first-order valence-electron chi connectivity index (χ1n) is 7.45. The minimum absolute atomic E-state index is 0.0839. The SMILES string of the molecule is CC(CNCc1ccc(Cl)cc1[N+](=O)[O-])N1CCCCC1. The van der Waals surface area contributed by atoms with E-state index >= 15 is 0 Å². The van der Waals surface area contributed by atoms with Gasteiger partial charge >= 0.3 is 0 Å². The van der Waals surface area contributed by atoms with E-state index in [4.69, 9.17) is 11.6 Å². The average molecular weight is 312 g/mol. The number of piperidine rings is 1. The van der Waals surface area contributed by atoms with Gasteiger partial charge in [-0.3, -0.25) is 15.0 Å². The Hall–Kier alpha value is -1.17. The van der Waals surface area contributed by atoms with Crippen molar-refractivity contribution in [3.63, 3.8) is 0 Å². The smallest absolute Gasteiger partial charge is 0.275 e. The van der Waals surface area contributed by atoms with Crippen molar-refractivity contribution in [3.05, 3.63) is 38.9 Å². The fraction of sp³-hybridized carbons (Fsp3) is 0.600. The molecule has 0 bridgehead atoms. The molecule has 1 saturated heterocycles. The van der Waals surface area contributed by atoms with Crippen LogP contribution in [0.5, 0.6) is 0 Å². The Kier molecular flexibility index (Phi) is 5.96. The van der Waals surface area contributed by atoms with Crippen molar-refractivity contribution in [3.8, 4) is 0 Å². The van der Waals surface area contributed by atoms with Gasteiger partial charge in [0.15, 0.2) is 0 Å². The monoisotopic (exact) mass is 311 g/mol. The van der Waals surface area contributed by atoms with Crippen molar-refractivity contribution in [1.29, 1.82) is 0 Å². The number of hydrogen-bond acceptors (Lipinski definition) is 4. The number of hydrogen-bond donors (Lipinski definition) is 1. The van der Waals surface area contributed by atoms with Crippen LogP contribution in [0.1, 0.15) is 31.7 Å². The van der Waals surface area contributed by atoms with Crippen LogP contribution in [0.25, 0.3) is 0 Å². The minimum Gasteiger partial charge on any atom is -0.311 e. The molecule has 0 radical (unpaired) electrons. The Morgan fingerprint density at radius 3 is 2.76 bits per heavy atom. The highest BCUT2D eigenvalue weighted by Crippen LogP contribution is 2.23.